The number of benzene rings is 3. The van der Waals surface area contributed by atoms with Crippen molar-refractivity contribution in [3.63, 3.8) is 0 Å². The number of hydrogen-bond donors (Lipinski definition) is 0. The van der Waals surface area contributed by atoms with Crippen LogP contribution in [0.2, 0.25) is 0 Å². The molecule has 3 aromatic heterocycles. The quantitative estimate of drug-likeness (QED) is 0.136. The molecule has 3 aromatic carbocycles. The minimum absolute atomic E-state index is 0.0924. The van der Waals surface area contributed by atoms with Crippen LogP contribution in [0.1, 0.15) is 161 Å². The van der Waals surface area contributed by atoms with Gasteiger partial charge in [0.15, 0.2) is 0 Å². The van der Waals surface area contributed by atoms with E-state index in [1.54, 1.807) is 0 Å². The Bertz CT molecular complexity index is 2530. The summed E-state index contributed by atoms with van der Waals surface area (Å²) in [5.41, 5.74) is 15.9. The summed E-state index contributed by atoms with van der Waals surface area (Å²) in [7, 11) is 0. The molecule has 0 unspecified atom stereocenters. The number of hydrogen-bond acceptors (Lipinski definition) is 6. The molecule has 1 aliphatic carbocycles. The SMILES string of the molecule is CC(C)(C)C(=Nc1ccc(-c2ccc(C(C)(C)C)cc2)nc1)C1CC(C(=Nc2ccc(-c3ccc(C(C)(C)C)cc3)nc2)C(C)(C)C)CC(C(=Nc2ccc(-c3ccc(C(C)(C)C)cc3)nc2)C(C)(C)C)C1. The molecular formula is C66H84N6. The average molecular weight is 961 g/mol. The standard InChI is InChI=1S/C66H84N6/c1-61(2,3)49-25-19-43(20-26-49)55-34-31-52(40-67-55)70-58(64(10,11)12)46-37-47(59(65(13,14)15)71-53-32-35-56(68-41-53)44-21-27-50(28-22-44)62(4,5)6)39-48(38-46)60(66(16,17)18)72-54-33-36-57(69-42-54)45-23-29-51(30-24-45)63(7,8)9/h19-36,40-42,46-48H,37-39H2,1-18H3. The Morgan fingerprint density at radius 2 is 0.542 bits per heavy atom. The van der Waals surface area contributed by atoms with E-state index < -0.39 is 0 Å². The Labute approximate surface area is 434 Å². The molecule has 0 aliphatic heterocycles. The molecule has 0 amide bonds. The van der Waals surface area contributed by atoms with Crippen LogP contribution in [0, 0.1) is 34.0 Å². The second-order valence-electron chi connectivity index (χ2n) is 26.7. The van der Waals surface area contributed by atoms with Crippen LogP contribution < -0.4 is 0 Å². The van der Waals surface area contributed by atoms with Gasteiger partial charge in [0.2, 0.25) is 0 Å². The van der Waals surface area contributed by atoms with Crippen LogP contribution in [0.15, 0.2) is 143 Å². The lowest BCUT2D eigenvalue weighted by atomic mass is 9.62. The van der Waals surface area contributed by atoms with Crippen LogP contribution in [0.4, 0.5) is 17.1 Å². The Hall–Kier alpha value is -5.88. The van der Waals surface area contributed by atoms with Crippen LogP contribution in [0.3, 0.4) is 0 Å². The first-order chi connectivity index (χ1) is 33.4. The first-order valence-electron chi connectivity index (χ1n) is 26.4. The van der Waals surface area contributed by atoms with E-state index in [2.05, 4.69) is 234 Å². The molecule has 0 radical (unpaired) electrons. The minimum atomic E-state index is -0.216. The van der Waals surface area contributed by atoms with Crippen molar-refractivity contribution < 1.29 is 0 Å². The van der Waals surface area contributed by atoms with Gasteiger partial charge in [-0.15, -0.1) is 0 Å². The van der Waals surface area contributed by atoms with Gasteiger partial charge in [-0.1, -0.05) is 197 Å². The summed E-state index contributed by atoms with van der Waals surface area (Å²) in [5, 5.41) is 0. The molecule has 72 heavy (non-hydrogen) atoms. The Balaban J connectivity index is 1.28. The summed E-state index contributed by atoms with van der Waals surface area (Å²) in [6.45, 7) is 41.1. The van der Waals surface area contributed by atoms with Gasteiger partial charge in [0.1, 0.15) is 0 Å². The van der Waals surface area contributed by atoms with Crippen molar-refractivity contribution in [3.05, 3.63) is 144 Å². The van der Waals surface area contributed by atoms with Gasteiger partial charge in [0.25, 0.3) is 0 Å². The van der Waals surface area contributed by atoms with Gasteiger partial charge < -0.3 is 0 Å². The zero-order valence-electron chi connectivity index (χ0n) is 47.2. The predicted octanol–water partition coefficient (Wildman–Crippen LogP) is 18.6. The van der Waals surface area contributed by atoms with Crippen molar-refractivity contribution in [1.29, 1.82) is 0 Å². The van der Waals surface area contributed by atoms with Gasteiger partial charge in [-0.05, 0) is 106 Å². The van der Waals surface area contributed by atoms with Crippen molar-refractivity contribution in [2.45, 2.75) is 160 Å². The highest BCUT2D eigenvalue weighted by molar-refractivity contribution is 5.99. The van der Waals surface area contributed by atoms with E-state index in [0.29, 0.717) is 0 Å². The van der Waals surface area contributed by atoms with Gasteiger partial charge in [-0.2, -0.15) is 0 Å². The fourth-order valence-electron chi connectivity index (χ4n) is 10.3. The van der Waals surface area contributed by atoms with Crippen molar-refractivity contribution in [3.8, 4) is 33.8 Å². The van der Waals surface area contributed by atoms with Crippen LogP contribution in [-0.2, 0) is 16.2 Å². The van der Waals surface area contributed by atoms with Crippen molar-refractivity contribution in [1.82, 2.24) is 15.0 Å². The number of rotatable bonds is 9. The first-order valence-corrected chi connectivity index (χ1v) is 26.4. The van der Waals surface area contributed by atoms with E-state index >= 15 is 0 Å². The van der Waals surface area contributed by atoms with Crippen LogP contribution in [0.25, 0.3) is 33.8 Å². The fraction of sp³-hybridized carbons (Fsp3) is 0.455. The second kappa shape index (κ2) is 20.6. The molecule has 6 heteroatoms. The summed E-state index contributed by atoms with van der Waals surface area (Å²) < 4.78 is 0. The lowest BCUT2D eigenvalue weighted by Gasteiger charge is -2.43. The van der Waals surface area contributed by atoms with Crippen molar-refractivity contribution in [2.24, 2.45) is 49.0 Å². The van der Waals surface area contributed by atoms with E-state index in [1.165, 1.54) is 33.8 Å². The van der Waals surface area contributed by atoms with Gasteiger partial charge in [0, 0.05) is 50.1 Å². The van der Waals surface area contributed by atoms with E-state index in [1.807, 2.05) is 18.6 Å². The molecule has 0 bridgehead atoms. The molecule has 0 spiro atoms. The highest BCUT2D eigenvalue weighted by atomic mass is 14.9. The molecule has 3 heterocycles. The van der Waals surface area contributed by atoms with Crippen LogP contribution in [0.5, 0.6) is 0 Å². The molecule has 378 valence electrons. The molecule has 1 aliphatic rings. The normalized spacial score (nSPS) is 18.1. The second-order valence-corrected chi connectivity index (χ2v) is 26.7. The largest absolute Gasteiger partial charge is 0.255 e. The third kappa shape index (κ3) is 13.4. The number of aromatic nitrogens is 3. The summed E-state index contributed by atoms with van der Waals surface area (Å²) in [6.07, 6.45) is 8.65. The zero-order chi connectivity index (χ0) is 52.6. The molecular weight excluding hydrogens is 877 g/mol. The molecule has 0 N–H and O–H groups in total. The summed E-state index contributed by atoms with van der Waals surface area (Å²) >= 11 is 0. The topological polar surface area (TPSA) is 75.8 Å². The molecule has 1 fully saturated rings. The number of pyridine rings is 3. The predicted molar refractivity (Wildman–Crippen MR) is 309 cm³/mol. The van der Waals surface area contributed by atoms with Crippen molar-refractivity contribution in [2.75, 3.05) is 0 Å². The monoisotopic (exact) mass is 961 g/mol. The van der Waals surface area contributed by atoms with E-state index in [4.69, 9.17) is 29.9 Å². The third-order valence-corrected chi connectivity index (χ3v) is 14.3. The third-order valence-electron chi connectivity index (χ3n) is 14.3. The van der Waals surface area contributed by atoms with Gasteiger partial charge in [0.05, 0.1) is 52.7 Å². The molecule has 6 nitrogen and oxygen atoms in total. The Morgan fingerprint density at radius 3 is 0.708 bits per heavy atom. The summed E-state index contributed by atoms with van der Waals surface area (Å²) in [6, 6.07) is 39.2. The lowest BCUT2D eigenvalue weighted by Crippen LogP contribution is -2.43. The molecule has 7 rings (SSSR count). The Morgan fingerprint density at radius 1 is 0.319 bits per heavy atom. The highest BCUT2D eigenvalue weighted by Gasteiger charge is 2.43. The molecule has 6 aromatic rings. The average Bonchev–Trinajstić information content (AvgIpc) is 3.30. The number of nitrogens with zero attached hydrogens (tertiary/aromatic N) is 6. The maximum Gasteiger partial charge on any atom is 0.0813 e. The van der Waals surface area contributed by atoms with Gasteiger partial charge >= 0.3 is 0 Å². The number of aliphatic imine (C=N–C) groups is 3. The van der Waals surface area contributed by atoms with E-state index in [9.17, 15) is 0 Å². The first kappa shape index (κ1) is 53.9. The minimum Gasteiger partial charge on any atom is -0.255 e. The molecule has 1 saturated carbocycles. The van der Waals surface area contributed by atoms with Crippen LogP contribution in [-0.4, -0.2) is 32.1 Å². The van der Waals surface area contributed by atoms with Gasteiger partial charge in [-0.25, -0.2) is 0 Å². The summed E-state index contributed by atoms with van der Waals surface area (Å²) in [5.74, 6) is 0.477. The fourth-order valence-corrected chi connectivity index (χ4v) is 10.3. The summed E-state index contributed by atoms with van der Waals surface area (Å²) in [4.78, 5) is 31.7. The Kier molecular flexibility index (Phi) is 15.4. The molecule has 0 saturated heterocycles. The zero-order valence-corrected chi connectivity index (χ0v) is 47.2. The maximum absolute atomic E-state index is 5.58. The van der Waals surface area contributed by atoms with E-state index in [0.717, 1.165) is 70.1 Å². The van der Waals surface area contributed by atoms with E-state index in [-0.39, 0.29) is 50.2 Å². The maximum atomic E-state index is 5.58. The van der Waals surface area contributed by atoms with Crippen molar-refractivity contribution >= 4 is 34.2 Å². The lowest BCUT2D eigenvalue weighted by molar-refractivity contribution is 0.301. The smallest absolute Gasteiger partial charge is 0.0813 e. The molecule has 0 atom stereocenters. The van der Waals surface area contributed by atoms with Crippen LogP contribution >= 0.6 is 0 Å². The highest BCUT2D eigenvalue weighted by Crippen LogP contribution is 2.46. The van der Waals surface area contributed by atoms with Gasteiger partial charge in [-0.3, -0.25) is 29.9 Å².